The smallest absolute Gasteiger partial charge is 0.420 e. The van der Waals surface area contributed by atoms with E-state index in [1.54, 1.807) is 13.0 Å². The molecule has 7 heteroatoms. The van der Waals surface area contributed by atoms with Crippen LogP contribution >= 0.6 is 0 Å². The molecule has 0 N–H and O–H groups in total. The lowest BCUT2D eigenvalue weighted by atomic mass is 10.1. The highest BCUT2D eigenvalue weighted by atomic mass is 19.4. The van der Waals surface area contributed by atoms with Gasteiger partial charge in [0, 0.05) is 0 Å². The van der Waals surface area contributed by atoms with Crippen molar-refractivity contribution in [3.8, 4) is 11.8 Å². The van der Waals surface area contributed by atoms with E-state index in [4.69, 9.17) is 10.00 Å². The fourth-order valence-electron chi connectivity index (χ4n) is 1.42. The largest absolute Gasteiger partial charge is 0.492 e. The van der Waals surface area contributed by atoms with E-state index >= 15 is 0 Å². The number of hydrogen-bond acceptors (Lipinski definition) is 4. The van der Waals surface area contributed by atoms with Gasteiger partial charge in [-0.25, -0.2) is 0 Å². The van der Waals surface area contributed by atoms with Gasteiger partial charge >= 0.3 is 12.1 Å². The Hall–Kier alpha value is -2.23. The molecule has 0 saturated heterocycles. The van der Waals surface area contributed by atoms with Crippen molar-refractivity contribution in [2.75, 3.05) is 13.2 Å². The number of halogens is 3. The predicted octanol–water partition coefficient (Wildman–Crippen LogP) is 2.91. The fourth-order valence-corrected chi connectivity index (χ4v) is 1.42. The van der Waals surface area contributed by atoms with Crippen LogP contribution in [0.5, 0.6) is 5.75 Å². The molecule has 0 saturated carbocycles. The maximum Gasteiger partial charge on any atom is 0.420 e. The highest BCUT2D eigenvalue weighted by Gasteiger charge is 2.34. The molecule has 0 unspecified atom stereocenters. The van der Waals surface area contributed by atoms with E-state index in [1.807, 2.05) is 0 Å². The molecule has 1 aromatic rings. The highest BCUT2D eigenvalue weighted by Crippen LogP contribution is 2.36. The van der Waals surface area contributed by atoms with Crippen LogP contribution in [0.25, 0.3) is 0 Å². The standard InChI is InChI=1S/C13H12F3NO3/c1-2-19-12(18)5-6-20-11-4-3-9(8-17)7-10(11)13(14,15)16/h3-4,7H,2,5-6H2,1H3. The normalized spacial score (nSPS) is 10.8. The van der Waals surface area contributed by atoms with Gasteiger partial charge in [-0.1, -0.05) is 0 Å². The van der Waals surface area contributed by atoms with Gasteiger partial charge in [0.05, 0.1) is 36.8 Å². The molecule has 108 valence electrons. The van der Waals surface area contributed by atoms with E-state index in [9.17, 15) is 18.0 Å². The lowest BCUT2D eigenvalue weighted by molar-refractivity contribution is -0.143. The summed E-state index contributed by atoms with van der Waals surface area (Å²) in [5.41, 5.74) is -1.16. The molecule has 0 aliphatic carbocycles. The molecule has 0 spiro atoms. The number of nitrogens with zero attached hydrogens (tertiary/aromatic N) is 1. The molecule has 1 rings (SSSR count). The van der Waals surface area contributed by atoms with E-state index in [-0.39, 0.29) is 25.2 Å². The van der Waals surface area contributed by atoms with Crippen LogP contribution in [0.15, 0.2) is 18.2 Å². The number of esters is 1. The first-order chi connectivity index (χ1) is 9.38. The Balaban J connectivity index is 2.80. The fraction of sp³-hybridized carbons (Fsp3) is 0.385. The SMILES string of the molecule is CCOC(=O)CCOc1ccc(C#N)cc1C(F)(F)F. The van der Waals surface area contributed by atoms with E-state index in [0.717, 1.165) is 6.07 Å². The molecule has 0 fully saturated rings. The van der Waals surface area contributed by atoms with Crippen molar-refractivity contribution < 1.29 is 27.4 Å². The summed E-state index contributed by atoms with van der Waals surface area (Å²) in [6.45, 7) is 1.60. The Bertz CT molecular complexity index is 521. The zero-order valence-electron chi connectivity index (χ0n) is 10.7. The van der Waals surface area contributed by atoms with Crippen molar-refractivity contribution in [3.63, 3.8) is 0 Å². The maximum atomic E-state index is 12.8. The molecule has 4 nitrogen and oxygen atoms in total. The zero-order chi connectivity index (χ0) is 15.2. The summed E-state index contributed by atoms with van der Waals surface area (Å²) in [7, 11) is 0. The first-order valence-electron chi connectivity index (χ1n) is 5.78. The monoisotopic (exact) mass is 287 g/mol. The summed E-state index contributed by atoms with van der Waals surface area (Å²) in [5.74, 6) is -0.962. The van der Waals surface area contributed by atoms with Gasteiger partial charge in [0.1, 0.15) is 5.75 Å². The van der Waals surface area contributed by atoms with Crippen molar-refractivity contribution in [1.29, 1.82) is 5.26 Å². The molecule has 0 aliphatic rings. The number of nitriles is 1. The first-order valence-corrected chi connectivity index (χ1v) is 5.78. The molecule has 1 aromatic carbocycles. The number of hydrogen-bond donors (Lipinski definition) is 0. The van der Waals surface area contributed by atoms with Gasteiger partial charge < -0.3 is 9.47 Å². The molecule has 0 heterocycles. The van der Waals surface area contributed by atoms with Crippen LogP contribution in [0.3, 0.4) is 0 Å². The molecule has 0 bridgehead atoms. The summed E-state index contributed by atoms with van der Waals surface area (Å²) in [6, 6.07) is 4.62. The maximum absolute atomic E-state index is 12.8. The van der Waals surface area contributed by atoms with E-state index in [1.165, 1.54) is 6.07 Å². The van der Waals surface area contributed by atoms with Crippen molar-refractivity contribution in [3.05, 3.63) is 29.3 Å². The Labute approximate surface area is 113 Å². The number of ether oxygens (including phenoxy) is 2. The molecule has 0 aliphatic heterocycles. The molecule has 0 amide bonds. The van der Waals surface area contributed by atoms with Gasteiger partial charge in [-0.3, -0.25) is 4.79 Å². The van der Waals surface area contributed by atoms with E-state index < -0.39 is 23.5 Å². The van der Waals surface area contributed by atoms with Crippen LogP contribution < -0.4 is 4.74 Å². The third-order valence-electron chi connectivity index (χ3n) is 2.28. The van der Waals surface area contributed by atoms with Crippen LogP contribution in [-0.4, -0.2) is 19.2 Å². The lowest BCUT2D eigenvalue weighted by Crippen LogP contribution is -2.13. The molecule has 0 aromatic heterocycles. The van der Waals surface area contributed by atoms with Crippen LogP contribution in [-0.2, 0) is 15.7 Å². The minimum absolute atomic E-state index is 0.116. The molecular weight excluding hydrogens is 275 g/mol. The van der Waals surface area contributed by atoms with E-state index in [0.29, 0.717) is 6.07 Å². The number of alkyl halides is 3. The summed E-state index contributed by atoms with van der Waals surface area (Å²) in [4.78, 5) is 11.0. The van der Waals surface area contributed by atoms with Crippen LogP contribution in [0.2, 0.25) is 0 Å². The van der Waals surface area contributed by atoms with Crippen molar-refractivity contribution in [2.45, 2.75) is 19.5 Å². The molecular formula is C13H12F3NO3. The predicted molar refractivity (Wildman–Crippen MR) is 62.9 cm³/mol. The van der Waals surface area contributed by atoms with Gasteiger partial charge in [0.25, 0.3) is 0 Å². The second-order valence-corrected chi connectivity index (χ2v) is 3.72. The average Bonchev–Trinajstić information content (AvgIpc) is 2.38. The number of benzene rings is 1. The van der Waals surface area contributed by atoms with Crippen LogP contribution in [0, 0.1) is 11.3 Å². The molecule has 0 atom stereocenters. The van der Waals surface area contributed by atoms with Crippen molar-refractivity contribution >= 4 is 5.97 Å². The highest BCUT2D eigenvalue weighted by molar-refractivity contribution is 5.69. The van der Waals surface area contributed by atoms with Gasteiger partial charge in [0.2, 0.25) is 0 Å². The third-order valence-corrected chi connectivity index (χ3v) is 2.28. The minimum Gasteiger partial charge on any atom is -0.492 e. The zero-order valence-corrected chi connectivity index (χ0v) is 10.7. The quantitative estimate of drug-likeness (QED) is 0.781. The second kappa shape index (κ2) is 6.80. The second-order valence-electron chi connectivity index (χ2n) is 3.72. The minimum atomic E-state index is -4.63. The van der Waals surface area contributed by atoms with Crippen molar-refractivity contribution in [2.24, 2.45) is 0 Å². The molecule has 0 radical (unpaired) electrons. The van der Waals surface area contributed by atoms with Crippen LogP contribution in [0.4, 0.5) is 13.2 Å². The summed E-state index contributed by atoms with van der Waals surface area (Å²) in [6.07, 6.45) is -4.78. The van der Waals surface area contributed by atoms with Crippen LogP contribution in [0.1, 0.15) is 24.5 Å². The third kappa shape index (κ3) is 4.46. The van der Waals surface area contributed by atoms with Gasteiger partial charge in [-0.2, -0.15) is 18.4 Å². The lowest BCUT2D eigenvalue weighted by Gasteiger charge is -2.14. The molecule has 20 heavy (non-hydrogen) atoms. The van der Waals surface area contributed by atoms with Gasteiger partial charge in [0.15, 0.2) is 0 Å². The summed E-state index contributed by atoms with van der Waals surface area (Å²) < 4.78 is 48.0. The Morgan fingerprint density at radius 3 is 2.65 bits per heavy atom. The number of carbonyl (C=O) groups excluding carboxylic acids is 1. The Kier molecular flexibility index (Phi) is 5.38. The Morgan fingerprint density at radius 1 is 1.40 bits per heavy atom. The summed E-state index contributed by atoms with van der Waals surface area (Å²) in [5, 5.41) is 8.61. The summed E-state index contributed by atoms with van der Waals surface area (Å²) >= 11 is 0. The first kappa shape index (κ1) is 15.8. The average molecular weight is 287 g/mol. The number of carbonyl (C=O) groups is 1. The number of rotatable bonds is 5. The van der Waals surface area contributed by atoms with Crippen molar-refractivity contribution in [1.82, 2.24) is 0 Å². The van der Waals surface area contributed by atoms with Gasteiger partial charge in [-0.15, -0.1) is 0 Å². The van der Waals surface area contributed by atoms with E-state index in [2.05, 4.69) is 4.74 Å². The topological polar surface area (TPSA) is 59.3 Å². The Morgan fingerprint density at radius 2 is 2.10 bits per heavy atom. The van der Waals surface area contributed by atoms with Gasteiger partial charge in [-0.05, 0) is 25.1 Å².